The molecular formula is C9H16O4. The van der Waals surface area contributed by atoms with Crippen molar-refractivity contribution in [1.82, 2.24) is 0 Å². The number of methoxy groups -OCH3 is 1. The number of hydrogen-bond donors (Lipinski definition) is 0. The van der Waals surface area contributed by atoms with Crippen molar-refractivity contribution >= 4 is 11.9 Å². The zero-order chi connectivity index (χ0) is 10.3. The minimum atomic E-state index is -0.359. The average Bonchev–Trinajstić information content (AvgIpc) is 2.03. The molecular weight excluding hydrogens is 172 g/mol. The highest BCUT2D eigenvalue weighted by Gasteiger charge is 2.15. The highest BCUT2D eigenvalue weighted by molar-refractivity contribution is 5.71. The van der Waals surface area contributed by atoms with E-state index < -0.39 is 0 Å². The Labute approximate surface area is 78.2 Å². The molecule has 0 aliphatic heterocycles. The van der Waals surface area contributed by atoms with Crippen molar-refractivity contribution in [3.05, 3.63) is 0 Å². The molecule has 0 fully saturated rings. The molecule has 0 aliphatic carbocycles. The molecule has 0 bridgehead atoms. The van der Waals surface area contributed by atoms with Crippen molar-refractivity contribution in [1.29, 1.82) is 0 Å². The quantitative estimate of drug-likeness (QED) is 0.610. The Balaban J connectivity index is 3.93. The molecule has 0 spiro atoms. The molecule has 0 amide bonds. The largest absolute Gasteiger partial charge is 0.469 e. The Hall–Kier alpha value is -1.06. The molecule has 4 heteroatoms. The van der Waals surface area contributed by atoms with Crippen LogP contribution in [0.15, 0.2) is 0 Å². The molecule has 0 aromatic rings. The van der Waals surface area contributed by atoms with Crippen LogP contribution in [0, 0.1) is 0 Å². The van der Waals surface area contributed by atoms with Crippen LogP contribution >= 0.6 is 0 Å². The molecule has 0 saturated carbocycles. The van der Waals surface area contributed by atoms with Crippen LogP contribution in [-0.2, 0) is 19.1 Å². The second-order valence-electron chi connectivity index (χ2n) is 2.80. The molecule has 0 aromatic carbocycles. The summed E-state index contributed by atoms with van der Waals surface area (Å²) in [5.41, 5.74) is 0. The lowest BCUT2D eigenvalue weighted by Gasteiger charge is -2.14. The minimum absolute atomic E-state index is 0.143. The number of hydrogen-bond acceptors (Lipinski definition) is 4. The zero-order valence-electron chi connectivity index (χ0n) is 8.33. The molecule has 0 unspecified atom stereocenters. The van der Waals surface area contributed by atoms with Gasteiger partial charge in [-0.15, -0.1) is 0 Å². The number of carbonyl (C=O) groups is 2. The fourth-order valence-corrected chi connectivity index (χ4v) is 1.03. The van der Waals surface area contributed by atoms with Crippen LogP contribution in [0.5, 0.6) is 0 Å². The van der Waals surface area contributed by atoms with Crippen LogP contribution in [0.3, 0.4) is 0 Å². The topological polar surface area (TPSA) is 52.6 Å². The van der Waals surface area contributed by atoms with Gasteiger partial charge in [0.15, 0.2) is 0 Å². The van der Waals surface area contributed by atoms with Gasteiger partial charge in [-0.2, -0.15) is 0 Å². The fourth-order valence-electron chi connectivity index (χ4n) is 1.03. The first-order chi connectivity index (χ1) is 6.10. The van der Waals surface area contributed by atoms with E-state index in [1.54, 1.807) is 0 Å². The Morgan fingerprint density at radius 2 is 2.00 bits per heavy atom. The number of rotatable bonds is 5. The standard InChI is InChI=1S/C9H16O4/c1-4-5-8(13-7(2)10)6-9(11)12-3/h8H,4-6H2,1-3H3/t8-/m0/s1. The van der Waals surface area contributed by atoms with E-state index in [0.717, 1.165) is 6.42 Å². The van der Waals surface area contributed by atoms with E-state index in [0.29, 0.717) is 6.42 Å². The van der Waals surface area contributed by atoms with E-state index in [4.69, 9.17) is 4.74 Å². The molecule has 0 rings (SSSR count). The first kappa shape index (κ1) is 11.9. The second-order valence-corrected chi connectivity index (χ2v) is 2.80. The highest BCUT2D eigenvalue weighted by atomic mass is 16.6. The van der Waals surface area contributed by atoms with Crippen molar-refractivity contribution in [2.75, 3.05) is 7.11 Å². The molecule has 1 atom stereocenters. The molecule has 0 N–H and O–H groups in total. The summed E-state index contributed by atoms with van der Waals surface area (Å²) < 4.78 is 9.40. The van der Waals surface area contributed by atoms with E-state index in [-0.39, 0.29) is 24.5 Å². The van der Waals surface area contributed by atoms with E-state index in [9.17, 15) is 9.59 Å². The summed E-state index contributed by atoms with van der Waals surface area (Å²) in [6.07, 6.45) is 1.36. The van der Waals surface area contributed by atoms with Crippen LogP contribution in [-0.4, -0.2) is 25.2 Å². The molecule has 0 saturated heterocycles. The van der Waals surface area contributed by atoms with Gasteiger partial charge >= 0.3 is 11.9 Å². The molecule has 0 heterocycles. The maximum Gasteiger partial charge on any atom is 0.309 e. The maximum atomic E-state index is 10.9. The number of ether oxygens (including phenoxy) is 2. The van der Waals surface area contributed by atoms with Gasteiger partial charge in [0.2, 0.25) is 0 Å². The van der Waals surface area contributed by atoms with Crippen molar-refractivity contribution < 1.29 is 19.1 Å². The Kier molecular flexibility index (Phi) is 5.93. The Morgan fingerprint density at radius 3 is 2.38 bits per heavy atom. The smallest absolute Gasteiger partial charge is 0.309 e. The van der Waals surface area contributed by atoms with Crippen molar-refractivity contribution in [2.24, 2.45) is 0 Å². The first-order valence-electron chi connectivity index (χ1n) is 4.34. The normalized spacial score (nSPS) is 11.9. The third-order valence-corrected chi connectivity index (χ3v) is 1.57. The minimum Gasteiger partial charge on any atom is -0.469 e. The third kappa shape index (κ3) is 6.13. The highest BCUT2D eigenvalue weighted by Crippen LogP contribution is 2.07. The maximum absolute atomic E-state index is 10.9. The Morgan fingerprint density at radius 1 is 1.38 bits per heavy atom. The van der Waals surface area contributed by atoms with Crippen molar-refractivity contribution in [3.8, 4) is 0 Å². The van der Waals surface area contributed by atoms with Crippen LogP contribution in [0.2, 0.25) is 0 Å². The van der Waals surface area contributed by atoms with E-state index >= 15 is 0 Å². The predicted octanol–water partition coefficient (Wildman–Crippen LogP) is 1.28. The SMILES string of the molecule is CCC[C@@H](CC(=O)OC)OC(C)=O. The van der Waals surface area contributed by atoms with Gasteiger partial charge in [-0.25, -0.2) is 0 Å². The van der Waals surface area contributed by atoms with E-state index in [1.165, 1.54) is 14.0 Å². The summed E-state index contributed by atoms with van der Waals surface area (Å²) in [5.74, 6) is -0.706. The number of esters is 2. The summed E-state index contributed by atoms with van der Waals surface area (Å²) in [6.45, 7) is 3.30. The van der Waals surface area contributed by atoms with Crippen LogP contribution in [0.1, 0.15) is 33.1 Å². The number of carbonyl (C=O) groups excluding carboxylic acids is 2. The second kappa shape index (κ2) is 6.46. The molecule has 13 heavy (non-hydrogen) atoms. The van der Waals surface area contributed by atoms with Gasteiger partial charge in [-0.1, -0.05) is 13.3 Å². The average molecular weight is 188 g/mol. The van der Waals surface area contributed by atoms with Crippen LogP contribution in [0.4, 0.5) is 0 Å². The summed E-state index contributed by atoms with van der Waals surface area (Å²) in [4.78, 5) is 21.5. The molecule has 0 aromatic heterocycles. The van der Waals surface area contributed by atoms with Gasteiger partial charge in [-0.05, 0) is 6.42 Å². The van der Waals surface area contributed by atoms with E-state index in [1.807, 2.05) is 6.92 Å². The van der Waals surface area contributed by atoms with Gasteiger partial charge in [0, 0.05) is 6.92 Å². The monoisotopic (exact) mass is 188 g/mol. The summed E-state index contributed by atoms with van der Waals surface area (Å²) in [5, 5.41) is 0. The Bertz CT molecular complexity index is 176. The summed E-state index contributed by atoms with van der Waals surface area (Å²) in [6, 6.07) is 0. The van der Waals surface area contributed by atoms with Crippen LogP contribution < -0.4 is 0 Å². The zero-order valence-corrected chi connectivity index (χ0v) is 8.33. The molecule has 4 nitrogen and oxygen atoms in total. The van der Waals surface area contributed by atoms with Gasteiger partial charge < -0.3 is 9.47 Å². The van der Waals surface area contributed by atoms with Crippen molar-refractivity contribution in [3.63, 3.8) is 0 Å². The summed E-state index contributed by atoms with van der Waals surface area (Å²) in [7, 11) is 1.32. The van der Waals surface area contributed by atoms with Crippen LogP contribution in [0.25, 0.3) is 0 Å². The van der Waals surface area contributed by atoms with Gasteiger partial charge in [0.1, 0.15) is 6.10 Å². The van der Waals surface area contributed by atoms with Gasteiger partial charge in [0.25, 0.3) is 0 Å². The fraction of sp³-hybridized carbons (Fsp3) is 0.778. The molecule has 0 radical (unpaired) electrons. The lowest BCUT2D eigenvalue weighted by molar-refractivity contribution is -0.152. The van der Waals surface area contributed by atoms with E-state index in [2.05, 4.69) is 4.74 Å². The third-order valence-electron chi connectivity index (χ3n) is 1.57. The lowest BCUT2D eigenvalue weighted by Crippen LogP contribution is -2.20. The first-order valence-corrected chi connectivity index (χ1v) is 4.34. The van der Waals surface area contributed by atoms with Gasteiger partial charge in [0.05, 0.1) is 13.5 Å². The lowest BCUT2D eigenvalue weighted by atomic mass is 10.1. The van der Waals surface area contributed by atoms with Crippen molar-refractivity contribution in [2.45, 2.75) is 39.2 Å². The molecule has 0 aliphatic rings. The van der Waals surface area contributed by atoms with Gasteiger partial charge in [-0.3, -0.25) is 9.59 Å². The molecule has 76 valence electrons. The predicted molar refractivity (Wildman–Crippen MR) is 47.1 cm³/mol. The summed E-state index contributed by atoms with van der Waals surface area (Å²) >= 11 is 0.